The Labute approximate surface area is 91.6 Å². The van der Waals surface area contributed by atoms with Gasteiger partial charge < -0.3 is 10.1 Å². The first-order valence-electron chi connectivity index (χ1n) is 5.72. The lowest BCUT2D eigenvalue weighted by molar-refractivity contribution is 0.0253. The number of benzene rings is 1. The van der Waals surface area contributed by atoms with Gasteiger partial charge in [-0.1, -0.05) is 29.8 Å². The van der Waals surface area contributed by atoms with Crippen LogP contribution in [0.5, 0.6) is 0 Å². The average molecular weight is 205 g/mol. The maximum atomic E-state index is 5.85. The van der Waals surface area contributed by atoms with E-state index < -0.39 is 0 Å². The van der Waals surface area contributed by atoms with Crippen molar-refractivity contribution in [2.45, 2.75) is 32.5 Å². The molecule has 1 aromatic carbocycles. The molecule has 0 radical (unpaired) electrons. The molecule has 1 aliphatic rings. The first-order chi connectivity index (χ1) is 7.34. The molecule has 1 heterocycles. The fourth-order valence-electron chi connectivity index (χ4n) is 1.86. The number of ether oxygens (including phenoxy) is 1. The molecule has 0 saturated carbocycles. The lowest BCUT2D eigenvalue weighted by atomic mass is 10.1. The summed E-state index contributed by atoms with van der Waals surface area (Å²) < 4.78 is 5.85. The number of piperidine rings is 1. The van der Waals surface area contributed by atoms with Crippen LogP contribution in [0.15, 0.2) is 24.3 Å². The molecule has 15 heavy (non-hydrogen) atoms. The quantitative estimate of drug-likeness (QED) is 0.817. The van der Waals surface area contributed by atoms with Gasteiger partial charge in [-0.3, -0.25) is 0 Å². The number of aryl methyl sites for hydroxylation is 1. The average Bonchev–Trinajstić information content (AvgIpc) is 2.30. The predicted molar refractivity (Wildman–Crippen MR) is 61.9 cm³/mol. The molecular weight excluding hydrogens is 186 g/mol. The zero-order chi connectivity index (χ0) is 10.5. The Hall–Kier alpha value is -0.860. The van der Waals surface area contributed by atoms with Gasteiger partial charge in [-0.25, -0.2) is 0 Å². The zero-order valence-corrected chi connectivity index (χ0v) is 9.33. The molecule has 1 saturated heterocycles. The highest BCUT2D eigenvalue weighted by Gasteiger charge is 2.12. The van der Waals surface area contributed by atoms with Crippen molar-refractivity contribution in [3.05, 3.63) is 35.4 Å². The Morgan fingerprint density at radius 2 is 2.13 bits per heavy atom. The van der Waals surface area contributed by atoms with Crippen molar-refractivity contribution in [3.63, 3.8) is 0 Å². The smallest absolute Gasteiger partial charge is 0.0721 e. The van der Waals surface area contributed by atoms with Crippen molar-refractivity contribution in [1.29, 1.82) is 0 Å². The van der Waals surface area contributed by atoms with Crippen LogP contribution in [0.4, 0.5) is 0 Å². The minimum absolute atomic E-state index is 0.403. The Balaban J connectivity index is 1.79. The minimum Gasteiger partial charge on any atom is -0.372 e. The van der Waals surface area contributed by atoms with Crippen LogP contribution in [0.2, 0.25) is 0 Å². The van der Waals surface area contributed by atoms with E-state index in [-0.39, 0.29) is 0 Å². The minimum atomic E-state index is 0.403. The number of nitrogens with one attached hydrogen (secondary N) is 1. The second kappa shape index (κ2) is 5.29. The highest BCUT2D eigenvalue weighted by molar-refractivity contribution is 5.20. The molecule has 1 unspecified atom stereocenters. The lowest BCUT2D eigenvalue weighted by Crippen LogP contribution is -2.35. The third-order valence-electron chi connectivity index (χ3n) is 2.86. The maximum absolute atomic E-state index is 5.85. The highest BCUT2D eigenvalue weighted by atomic mass is 16.5. The van der Waals surface area contributed by atoms with E-state index in [0.29, 0.717) is 6.10 Å². The normalized spacial score (nSPS) is 21.5. The summed E-state index contributed by atoms with van der Waals surface area (Å²) in [6, 6.07) is 8.56. The van der Waals surface area contributed by atoms with Gasteiger partial charge in [-0.15, -0.1) is 0 Å². The summed E-state index contributed by atoms with van der Waals surface area (Å²) in [5.41, 5.74) is 2.57. The highest BCUT2D eigenvalue weighted by Crippen LogP contribution is 2.10. The monoisotopic (exact) mass is 205 g/mol. The summed E-state index contributed by atoms with van der Waals surface area (Å²) in [5, 5.41) is 3.36. The van der Waals surface area contributed by atoms with Crippen LogP contribution in [0, 0.1) is 6.92 Å². The Morgan fingerprint density at radius 1 is 1.33 bits per heavy atom. The molecule has 0 aromatic heterocycles. The van der Waals surface area contributed by atoms with Crippen molar-refractivity contribution < 1.29 is 4.74 Å². The van der Waals surface area contributed by atoms with Gasteiger partial charge in [-0.2, -0.15) is 0 Å². The van der Waals surface area contributed by atoms with Crippen LogP contribution in [0.3, 0.4) is 0 Å². The summed E-state index contributed by atoms with van der Waals surface area (Å²) in [6.45, 7) is 5.00. The Bertz CT molecular complexity index is 288. The molecule has 1 aromatic rings. The van der Waals surface area contributed by atoms with E-state index in [1.54, 1.807) is 0 Å². The molecule has 2 heteroatoms. The van der Waals surface area contributed by atoms with Crippen LogP contribution in [-0.4, -0.2) is 19.2 Å². The molecule has 2 nitrogen and oxygen atoms in total. The Kier molecular flexibility index (Phi) is 3.75. The van der Waals surface area contributed by atoms with Gasteiger partial charge in [0, 0.05) is 6.54 Å². The summed E-state index contributed by atoms with van der Waals surface area (Å²) in [5.74, 6) is 0. The zero-order valence-electron chi connectivity index (χ0n) is 9.33. The van der Waals surface area contributed by atoms with Crippen LogP contribution in [0.25, 0.3) is 0 Å². The van der Waals surface area contributed by atoms with Crippen molar-refractivity contribution in [1.82, 2.24) is 5.32 Å². The van der Waals surface area contributed by atoms with E-state index in [2.05, 4.69) is 36.5 Å². The topological polar surface area (TPSA) is 21.3 Å². The van der Waals surface area contributed by atoms with E-state index >= 15 is 0 Å². The molecule has 1 atom stereocenters. The van der Waals surface area contributed by atoms with Crippen molar-refractivity contribution in [2.75, 3.05) is 13.1 Å². The SMILES string of the molecule is Cc1ccc(COC2CCCNC2)cc1. The van der Waals surface area contributed by atoms with E-state index in [0.717, 1.165) is 19.7 Å². The lowest BCUT2D eigenvalue weighted by Gasteiger charge is -2.23. The van der Waals surface area contributed by atoms with Gasteiger partial charge in [0.15, 0.2) is 0 Å². The third kappa shape index (κ3) is 3.33. The fraction of sp³-hybridized carbons (Fsp3) is 0.538. The fourth-order valence-corrected chi connectivity index (χ4v) is 1.86. The molecule has 2 rings (SSSR count). The first kappa shape index (κ1) is 10.7. The standard InChI is InChI=1S/C13H19NO/c1-11-4-6-12(7-5-11)10-15-13-3-2-8-14-9-13/h4-7,13-14H,2-3,8-10H2,1H3. The Morgan fingerprint density at radius 3 is 2.80 bits per heavy atom. The van der Waals surface area contributed by atoms with Gasteiger partial charge in [-0.05, 0) is 31.9 Å². The second-order valence-corrected chi connectivity index (χ2v) is 4.26. The van der Waals surface area contributed by atoms with E-state index in [9.17, 15) is 0 Å². The molecule has 0 amide bonds. The number of hydrogen-bond acceptors (Lipinski definition) is 2. The summed E-state index contributed by atoms with van der Waals surface area (Å²) in [6.07, 6.45) is 2.83. The summed E-state index contributed by atoms with van der Waals surface area (Å²) >= 11 is 0. The molecule has 1 N–H and O–H groups in total. The van der Waals surface area contributed by atoms with Gasteiger partial charge >= 0.3 is 0 Å². The maximum Gasteiger partial charge on any atom is 0.0721 e. The van der Waals surface area contributed by atoms with Crippen molar-refractivity contribution >= 4 is 0 Å². The molecule has 0 bridgehead atoms. The molecule has 0 aliphatic carbocycles. The van der Waals surface area contributed by atoms with E-state index in [1.165, 1.54) is 24.0 Å². The van der Waals surface area contributed by atoms with Crippen LogP contribution in [-0.2, 0) is 11.3 Å². The largest absolute Gasteiger partial charge is 0.372 e. The van der Waals surface area contributed by atoms with Crippen LogP contribution in [0.1, 0.15) is 24.0 Å². The number of rotatable bonds is 3. The molecule has 1 fully saturated rings. The summed E-state index contributed by atoms with van der Waals surface area (Å²) in [7, 11) is 0. The molecule has 82 valence electrons. The van der Waals surface area contributed by atoms with E-state index in [1.807, 2.05) is 0 Å². The third-order valence-corrected chi connectivity index (χ3v) is 2.86. The van der Waals surface area contributed by atoms with Crippen molar-refractivity contribution in [2.24, 2.45) is 0 Å². The van der Waals surface area contributed by atoms with Gasteiger partial charge in [0.1, 0.15) is 0 Å². The molecule has 0 spiro atoms. The van der Waals surface area contributed by atoms with E-state index in [4.69, 9.17) is 4.74 Å². The van der Waals surface area contributed by atoms with Gasteiger partial charge in [0.25, 0.3) is 0 Å². The molecular formula is C13H19NO. The summed E-state index contributed by atoms with van der Waals surface area (Å²) in [4.78, 5) is 0. The van der Waals surface area contributed by atoms with Crippen LogP contribution >= 0.6 is 0 Å². The second-order valence-electron chi connectivity index (χ2n) is 4.26. The molecule has 1 aliphatic heterocycles. The van der Waals surface area contributed by atoms with Gasteiger partial charge in [0.2, 0.25) is 0 Å². The van der Waals surface area contributed by atoms with Crippen molar-refractivity contribution in [3.8, 4) is 0 Å². The predicted octanol–water partition coefficient (Wildman–Crippen LogP) is 2.26. The van der Waals surface area contributed by atoms with Gasteiger partial charge in [0.05, 0.1) is 12.7 Å². The van der Waals surface area contributed by atoms with Crippen LogP contribution < -0.4 is 5.32 Å². The number of hydrogen-bond donors (Lipinski definition) is 1. The first-order valence-corrected chi connectivity index (χ1v) is 5.72.